The summed E-state index contributed by atoms with van der Waals surface area (Å²) in [6.45, 7) is 1.20. The maximum Gasteiger partial charge on any atom is 0.275 e. The third kappa shape index (κ3) is 3.33. The Morgan fingerprint density at radius 2 is 2.33 bits per heavy atom. The summed E-state index contributed by atoms with van der Waals surface area (Å²) in [6.07, 6.45) is 9.33. The van der Waals surface area contributed by atoms with E-state index in [0.717, 1.165) is 12.8 Å². The molecule has 1 aliphatic carbocycles. The number of carbonyl (C=O) groups excluding carboxylic acids is 1. The van der Waals surface area contributed by atoms with Crippen LogP contribution in [0.15, 0.2) is 23.1 Å². The van der Waals surface area contributed by atoms with E-state index in [2.05, 4.69) is 15.3 Å². The Labute approximate surface area is 139 Å². The summed E-state index contributed by atoms with van der Waals surface area (Å²) >= 11 is 0. The maximum absolute atomic E-state index is 12.7. The van der Waals surface area contributed by atoms with Crippen LogP contribution in [0.1, 0.15) is 42.1 Å². The van der Waals surface area contributed by atoms with Gasteiger partial charge in [0.2, 0.25) is 0 Å². The van der Waals surface area contributed by atoms with Crippen LogP contribution in [0.2, 0.25) is 0 Å². The molecule has 2 aliphatic rings. The molecule has 128 valence electrons. The van der Waals surface area contributed by atoms with Crippen molar-refractivity contribution in [3.05, 3.63) is 30.2 Å². The molecule has 1 amide bonds. The number of nitrogens with zero attached hydrogens (tertiary/aromatic N) is 5. The summed E-state index contributed by atoms with van der Waals surface area (Å²) in [5.74, 6) is 1.11. The number of rotatable bonds is 5. The molecule has 1 atom stereocenters. The molecule has 0 aromatic carbocycles. The van der Waals surface area contributed by atoms with Crippen LogP contribution in [0.4, 0.5) is 0 Å². The highest BCUT2D eigenvalue weighted by Gasteiger charge is 2.37. The van der Waals surface area contributed by atoms with Gasteiger partial charge in [0.25, 0.3) is 5.91 Å². The molecule has 1 unspecified atom stereocenters. The predicted octanol–water partition coefficient (Wildman–Crippen LogP) is 0.886. The molecule has 4 rings (SSSR count). The highest BCUT2D eigenvalue weighted by molar-refractivity contribution is 5.92. The molecular formula is C16H21N5O3. The normalized spacial score (nSPS) is 24.3. The largest absolute Gasteiger partial charge is 0.448 e. The van der Waals surface area contributed by atoms with Crippen molar-refractivity contribution in [3.63, 3.8) is 0 Å². The van der Waals surface area contributed by atoms with E-state index in [9.17, 15) is 9.90 Å². The first-order chi connectivity index (χ1) is 11.6. The van der Waals surface area contributed by atoms with Crippen molar-refractivity contribution < 1.29 is 14.3 Å². The number of β-amino-alcohol motifs (C(OH)–C–C–N with tert-alkyl or cyclic N) is 1. The van der Waals surface area contributed by atoms with E-state index in [1.807, 2.05) is 0 Å². The van der Waals surface area contributed by atoms with Gasteiger partial charge in [-0.15, -0.1) is 5.10 Å². The second-order valence-corrected chi connectivity index (χ2v) is 6.93. The molecule has 1 aliphatic heterocycles. The molecule has 8 nitrogen and oxygen atoms in total. The topological polar surface area (TPSA) is 97.3 Å². The molecule has 0 spiro atoms. The van der Waals surface area contributed by atoms with Gasteiger partial charge in [0.05, 0.1) is 19.3 Å². The SMILES string of the molecule is O=C(c1coc(CC2CC2)n1)N1CCCC(O)(Cn2ccnn2)C1. The van der Waals surface area contributed by atoms with Crippen molar-refractivity contribution in [2.45, 2.75) is 44.2 Å². The molecule has 2 aromatic heterocycles. The Kier molecular flexibility index (Phi) is 3.84. The van der Waals surface area contributed by atoms with Gasteiger partial charge >= 0.3 is 0 Å². The Morgan fingerprint density at radius 1 is 1.46 bits per heavy atom. The van der Waals surface area contributed by atoms with E-state index < -0.39 is 5.60 Å². The summed E-state index contributed by atoms with van der Waals surface area (Å²) in [4.78, 5) is 18.6. The lowest BCUT2D eigenvalue weighted by atomic mass is 9.92. The monoisotopic (exact) mass is 331 g/mol. The molecule has 3 heterocycles. The summed E-state index contributed by atoms with van der Waals surface area (Å²) in [5, 5.41) is 18.5. The lowest BCUT2D eigenvalue weighted by Crippen LogP contribution is -2.52. The van der Waals surface area contributed by atoms with Crippen molar-refractivity contribution in [1.29, 1.82) is 0 Å². The van der Waals surface area contributed by atoms with Crippen molar-refractivity contribution >= 4 is 5.91 Å². The number of oxazole rings is 1. The minimum absolute atomic E-state index is 0.183. The van der Waals surface area contributed by atoms with Crippen LogP contribution in [0.5, 0.6) is 0 Å². The lowest BCUT2D eigenvalue weighted by Gasteiger charge is -2.38. The quantitative estimate of drug-likeness (QED) is 0.874. The molecule has 1 N–H and O–H groups in total. The average Bonchev–Trinajstić information content (AvgIpc) is 3.02. The van der Waals surface area contributed by atoms with Crippen LogP contribution in [-0.4, -0.2) is 54.6 Å². The smallest absolute Gasteiger partial charge is 0.275 e. The Hall–Kier alpha value is -2.22. The van der Waals surface area contributed by atoms with Gasteiger partial charge in [-0.05, 0) is 31.6 Å². The maximum atomic E-state index is 12.7. The molecule has 0 bridgehead atoms. The number of hydrogen-bond donors (Lipinski definition) is 1. The van der Waals surface area contributed by atoms with E-state index in [1.165, 1.54) is 19.1 Å². The van der Waals surface area contributed by atoms with Crippen molar-refractivity contribution in [1.82, 2.24) is 24.9 Å². The van der Waals surface area contributed by atoms with Crippen molar-refractivity contribution in [3.8, 4) is 0 Å². The van der Waals surface area contributed by atoms with E-state index in [4.69, 9.17) is 4.42 Å². The van der Waals surface area contributed by atoms with Crippen LogP contribution in [-0.2, 0) is 13.0 Å². The first-order valence-electron chi connectivity index (χ1n) is 8.41. The van der Waals surface area contributed by atoms with Crippen molar-refractivity contribution in [2.24, 2.45) is 5.92 Å². The Bertz CT molecular complexity index is 709. The fraction of sp³-hybridized carbons (Fsp3) is 0.625. The number of amides is 1. The highest BCUT2D eigenvalue weighted by atomic mass is 16.3. The van der Waals surface area contributed by atoms with Gasteiger partial charge < -0.3 is 14.4 Å². The van der Waals surface area contributed by atoms with Crippen molar-refractivity contribution in [2.75, 3.05) is 13.1 Å². The number of aromatic nitrogens is 4. The average molecular weight is 331 g/mol. The van der Waals surface area contributed by atoms with Gasteiger partial charge in [0.1, 0.15) is 11.9 Å². The summed E-state index contributed by atoms with van der Waals surface area (Å²) in [5.41, 5.74) is -0.669. The number of piperidine rings is 1. The van der Waals surface area contributed by atoms with E-state index >= 15 is 0 Å². The van der Waals surface area contributed by atoms with Gasteiger partial charge in [0.15, 0.2) is 11.6 Å². The lowest BCUT2D eigenvalue weighted by molar-refractivity contribution is -0.0388. The zero-order chi connectivity index (χ0) is 16.6. The predicted molar refractivity (Wildman–Crippen MR) is 83.0 cm³/mol. The molecule has 8 heteroatoms. The van der Waals surface area contributed by atoms with Crippen LogP contribution in [0, 0.1) is 5.92 Å². The molecule has 24 heavy (non-hydrogen) atoms. The summed E-state index contributed by atoms with van der Waals surface area (Å²) in [6, 6.07) is 0. The third-order valence-corrected chi connectivity index (χ3v) is 4.70. The first-order valence-corrected chi connectivity index (χ1v) is 8.41. The number of carbonyl (C=O) groups is 1. The minimum Gasteiger partial charge on any atom is -0.448 e. The van der Waals surface area contributed by atoms with E-state index in [0.29, 0.717) is 37.0 Å². The van der Waals surface area contributed by atoms with Crippen LogP contribution < -0.4 is 0 Å². The molecule has 2 aromatic rings. The highest BCUT2D eigenvalue weighted by Crippen LogP contribution is 2.32. The number of aliphatic hydroxyl groups is 1. The second kappa shape index (κ2) is 6.01. The molecule has 2 fully saturated rings. The molecule has 1 saturated heterocycles. The zero-order valence-corrected chi connectivity index (χ0v) is 13.5. The molecule has 1 saturated carbocycles. The minimum atomic E-state index is -0.998. The van der Waals surface area contributed by atoms with E-state index in [-0.39, 0.29) is 12.5 Å². The van der Waals surface area contributed by atoms with E-state index in [1.54, 1.807) is 22.0 Å². The summed E-state index contributed by atoms with van der Waals surface area (Å²) in [7, 11) is 0. The van der Waals surface area contributed by atoms with Gasteiger partial charge in [-0.3, -0.25) is 4.79 Å². The standard InChI is InChI=1S/C16H21N5O3/c22-15(13-9-24-14(18-13)8-12-2-3-12)20-6-1-4-16(23,10-20)11-21-7-5-17-19-21/h5,7,9,12,23H,1-4,6,8,10-11H2. The third-order valence-electron chi connectivity index (χ3n) is 4.70. The first kappa shape index (κ1) is 15.3. The van der Waals surface area contributed by atoms with Gasteiger partial charge in [-0.25, -0.2) is 9.67 Å². The molecule has 0 radical (unpaired) electrons. The van der Waals surface area contributed by atoms with Gasteiger partial charge in [0, 0.05) is 19.2 Å². The fourth-order valence-electron chi connectivity index (χ4n) is 3.27. The van der Waals surface area contributed by atoms with Crippen LogP contribution in [0.3, 0.4) is 0 Å². The van der Waals surface area contributed by atoms with Gasteiger partial charge in [-0.1, -0.05) is 5.21 Å². The number of hydrogen-bond acceptors (Lipinski definition) is 6. The zero-order valence-electron chi connectivity index (χ0n) is 13.5. The Balaban J connectivity index is 1.42. The second-order valence-electron chi connectivity index (χ2n) is 6.93. The number of likely N-dealkylation sites (tertiary alicyclic amines) is 1. The van der Waals surface area contributed by atoms with Crippen LogP contribution >= 0.6 is 0 Å². The van der Waals surface area contributed by atoms with Crippen LogP contribution in [0.25, 0.3) is 0 Å². The van der Waals surface area contributed by atoms with Gasteiger partial charge in [-0.2, -0.15) is 0 Å². The fourth-order valence-corrected chi connectivity index (χ4v) is 3.27. The summed E-state index contributed by atoms with van der Waals surface area (Å²) < 4.78 is 7.02. The molecular weight excluding hydrogens is 310 g/mol. The Morgan fingerprint density at radius 3 is 3.08 bits per heavy atom.